The second-order valence-electron chi connectivity index (χ2n) is 3.11. The summed E-state index contributed by atoms with van der Waals surface area (Å²) in [4.78, 5) is 27.7. The van der Waals surface area contributed by atoms with Crippen LogP contribution in [0.5, 0.6) is 12.0 Å². The minimum atomic E-state index is -0.549. The van der Waals surface area contributed by atoms with Gasteiger partial charge in [0.05, 0.1) is 14.2 Å². The lowest BCUT2D eigenvalue weighted by atomic mass is 10.3. The zero-order chi connectivity index (χ0) is 12.3. The molecule has 1 amide bonds. The first-order chi connectivity index (χ1) is 8.22. The number of aromatic nitrogens is 3. The third kappa shape index (κ3) is 2.50. The van der Waals surface area contributed by atoms with Crippen molar-refractivity contribution < 1.29 is 19.1 Å². The quantitative estimate of drug-likeness (QED) is 0.672. The minimum Gasteiger partial charge on any atom is -0.467 e. The Labute approximate surface area is 96.5 Å². The first-order valence-corrected chi connectivity index (χ1v) is 4.75. The van der Waals surface area contributed by atoms with E-state index in [2.05, 4.69) is 25.7 Å². The summed E-state index contributed by atoms with van der Waals surface area (Å²) in [5, 5.41) is 2.78. The number of hydrogen-bond acceptors (Lipinski definition) is 8. The van der Waals surface area contributed by atoms with Crippen LogP contribution in [0.4, 0.5) is 5.95 Å². The monoisotopic (exact) mass is 241 g/mol. The van der Waals surface area contributed by atoms with Gasteiger partial charge in [0, 0.05) is 0 Å². The molecule has 17 heavy (non-hydrogen) atoms. The second kappa shape index (κ2) is 4.78. The molecule has 1 aliphatic rings. The number of methoxy groups -OCH3 is 2. The average molecular weight is 241 g/mol. The van der Waals surface area contributed by atoms with Crippen LogP contribution in [-0.2, 0) is 9.63 Å². The number of nitrogens with zero attached hydrogens (tertiary/aromatic N) is 3. The summed E-state index contributed by atoms with van der Waals surface area (Å²) in [6, 6.07) is -0.357. The Morgan fingerprint density at radius 3 is 2.41 bits per heavy atom. The van der Waals surface area contributed by atoms with Crippen LogP contribution in [0.1, 0.15) is 0 Å². The molecule has 1 saturated heterocycles. The maximum Gasteiger partial charge on any atom is 0.324 e. The molecule has 9 nitrogen and oxygen atoms in total. The lowest BCUT2D eigenvalue weighted by molar-refractivity contribution is -0.124. The van der Waals surface area contributed by atoms with Crippen LogP contribution in [0.15, 0.2) is 0 Å². The molecule has 2 heterocycles. The number of anilines is 1. The maximum atomic E-state index is 11.3. The molecule has 2 rings (SSSR count). The van der Waals surface area contributed by atoms with E-state index >= 15 is 0 Å². The normalized spacial score (nSPS) is 18.7. The number of amides is 1. The zero-order valence-electron chi connectivity index (χ0n) is 9.26. The lowest BCUT2D eigenvalue weighted by Crippen LogP contribution is -2.31. The fourth-order valence-electron chi connectivity index (χ4n) is 1.19. The Bertz CT molecular complexity index is 404. The van der Waals surface area contributed by atoms with E-state index in [0.29, 0.717) is 0 Å². The molecule has 0 unspecified atom stereocenters. The molecular weight excluding hydrogens is 230 g/mol. The smallest absolute Gasteiger partial charge is 0.324 e. The van der Waals surface area contributed by atoms with Crippen molar-refractivity contribution in [3.63, 3.8) is 0 Å². The van der Waals surface area contributed by atoms with Gasteiger partial charge in [0.1, 0.15) is 12.6 Å². The third-order valence-corrected chi connectivity index (χ3v) is 2.00. The molecule has 1 aliphatic heterocycles. The summed E-state index contributed by atoms with van der Waals surface area (Å²) >= 11 is 0. The minimum absolute atomic E-state index is 0.0960. The van der Waals surface area contributed by atoms with E-state index in [1.807, 2.05) is 0 Å². The highest BCUT2D eigenvalue weighted by molar-refractivity contribution is 5.84. The van der Waals surface area contributed by atoms with Gasteiger partial charge in [-0.05, 0) is 0 Å². The number of hydrogen-bond donors (Lipinski definition) is 2. The number of nitrogens with one attached hydrogen (secondary N) is 2. The van der Waals surface area contributed by atoms with Crippen molar-refractivity contribution in [1.82, 2.24) is 20.4 Å². The summed E-state index contributed by atoms with van der Waals surface area (Å²) in [6.07, 6.45) is 0. The molecule has 1 atom stereocenters. The number of hydroxylamine groups is 1. The lowest BCUT2D eigenvalue weighted by Gasteiger charge is -2.09. The second-order valence-corrected chi connectivity index (χ2v) is 3.11. The highest BCUT2D eigenvalue weighted by atomic mass is 16.7. The number of carbonyl (C=O) groups excluding carboxylic acids is 1. The van der Waals surface area contributed by atoms with Gasteiger partial charge in [-0.25, -0.2) is 5.48 Å². The Morgan fingerprint density at radius 1 is 1.29 bits per heavy atom. The van der Waals surface area contributed by atoms with E-state index in [0.717, 1.165) is 0 Å². The molecule has 1 aromatic rings. The summed E-state index contributed by atoms with van der Waals surface area (Å²) in [5.74, 6) is -0.109. The number of rotatable bonds is 4. The fraction of sp³-hybridized carbons (Fsp3) is 0.500. The van der Waals surface area contributed by atoms with Crippen molar-refractivity contribution in [1.29, 1.82) is 0 Å². The molecular formula is C8H11N5O4. The van der Waals surface area contributed by atoms with Crippen LogP contribution in [0, 0.1) is 0 Å². The van der Waals surface area contributed by atoms with E-state index in [-0.39, 0.29) is 30.5 Å². The van der Waals surface area contributed by atoms with Gasteiger partial charge in [-0.3, -0.25) is 9.63 Å². The predicted octanol–water partition coefficient (Wildman–Crippen LogP) is -1.27. The Kier molecular flexibility index (Phi) is 3.19. The Balaban J connectivity index is 2.16. The molecule has 0 saturated carbocycles. The Hall–Kier alpha value is -2.16. The van der Waals surface area contributed by atoms with Crippen molar-refractivity contribution in [2.45, 2.75) is 6.04 Å². The number of carbonyl (C=O) groups is 1. The van der Waals surface area contributed by atoms with E-state index < -0.39 is 6.04 Å². The highest BCUT2D eigenvalue weighted by Gasteiger charge is 2.26. The average Bonchev–Trinajstić information content (AvgIpc) is 2.74. The van der Waals surface area contributed by atoms with Gasteiger partial charge in [0.25, 0.3) is 5.91 Å². The molecule has 1 aromatic heterocycles. The van der Waals surface area contributed by atoms with Gasteiger partial charge in [-0.1, -0.05) is 0 Å². The summed E-state index contributed by atoms with van der Waals surface area (Å²) < 4.78 is 9.75. The first-order valence-electron chi connectivity index (χ1n) is 4.75. The van der Waals surface area contributed by atoms with Crippen LogP contribution in [0.25, 0.3) is 0 Å². The highest BCUT2D eigenvalue weighted by Crippen LogP contribution is 2.13. The van der Waals surface area contributed by atoms with Crippen LogP contribution < -0.4 is 20.3 Å². The molecule has 92 valence electrons. The SMILES string of the molecule is COc1nc(N[C@@H]2CONC2=O)nc(OC)n1. The standard InChI is InChI=1S/C8H11N5O4/c1-15-7-10-6(11-8(12-7)16-2)9-4-3-17-13-5(4)14/h4H,3H2,1-2H3,(H,13,14)(H,9,10,11,12)/t4-/m1/s1. The summed E-state index contributed by atoms with van der Waals surface area (Å²) in [7, 11) is 2.84. The van der Waals surface area contributed by atoms with E-state index in [4.69, 9.17) is 14.3 Å². The largest absolute Gasteiger partial charge is 0.467 e. The first kappa shape index (κ1) is 11.3. The molecule has 1 fully saturated rings. The van der Waals surface area contributed by atoms with Crippen LogP contribution in [-0.4, -0.2) is 47.7 Å². The fourth-order valence-corrected chi connectivity index (χ4v) is 1.19. The molecule has 0 aliphatic carbocycles. The summed E-state index contributed by atoms with van der Waals surface area (Å²) in [6.45, 7) is 0.190. The van der Waals surface area contributed by atoms with E-state index in [1.165, 1.54) is 14.2 Å². The van der Waals surface area contributed by atoms with Gasteiger partial charge in [0.2, 0.25) is 5.95 Å². The van der Waals surface area contributed by atoms with Crippen LogP contribution in [0.3, 0.4) is 0 Å². The molecule has 0 spiro atoms. The van der Waals surface area contributed by atoms with Crippen molar-refractivity contribution in [3.05, 3.63) is 0 Å². The molecule has 0 bridgehead atoms. The van der Waals surface area contributed by atoms with E-state index in [9.17, 15) is 4.79 Å². The van der Waals surface area contributed by atoms with E-state index in [1.54, 1.807) is 0 Å². The molecule has 2 N–H and O–H groups in total. The Morgan fingerprint density at radius 2 is 1.94 bits per heavy atom. The molecule has 0 aromatic carbocycles. The van der Waals surface area contributed by atoms with Gasteiger partial charge in [-0.2, -0.15) is 9.97 Å². The van der Waals surface area contributed by atoms with Gasteiger partial charge in [-0.15, -0.1) is 4.98 Å². The molecule has 9 heteroatoms. The van der Waals surface area contributed by atoms with Crippen molar-refractivity contribution >= 4 is 11.9 Å². The summed E-state index contributed by atoms with van der Waals surface area (Å²) in [5.41, 5.74) is 2.21. The van der Waals surface area contributed by atoms with Crippen molar-refractivity contribution in [3.8, 4) is 12.0 Å². The predicted molar refractivity (Wildman–Crippen MR) is 54.4 cm³/mol. The topological polar surface area (TPSA) is 107 Å². The van der Waals surface area contributed by atoms with Crippen LogP contribution in [0.2, 0.25) is 0 Å². The van der Waals surface area contributed by atoms with Gasteiger partial charge in [0.15, 0.2) is 0 Å². The van der Waals surface area contributed by atoms with Crippen molar-refractivity contribution in [2.24, 2.45) is 0 Å². The number of ether oxygens (including phenoxy) is 2. The molecule has 0 radical (unpaired) electrons. The zero-order valence-corrected chi connectivity index (χ0v) is 9.26. The van der Waals surface area contributed by atoms with Gasteiger partial charge < -0.3 is 14.8 Å². The van der Waals surface area contributed by atoms with Gasteiger partial charge >= 0.3 is 12.0 Å². The third-order valence-electron chi connectivity index (χ3n) is 2.00. The van der Waals surface area contributed by atoms with Crippen molar-refractivity contribution in [2.75, 3.05) is 26.1 Å². The maximum absolute atomic E-state index is 11.3. The van der Waals surface area contributed by atoms with Crippen LogP contribution >= 0.6 is 0 Å².